The van der Waals surface area contributed by atoms with E-state index in [1.165, 1.54) is 6.42 Å². The molecule has 0 unspecified atom stereocenters. The number of carbonyl (C=O) groups is 1. The normalized spacial score (nSPS) is 10.4. The predicted molar refractivity (Wildman–Crippen MR) is 132 cm³/mol. The molecule has 0 saturated heterocycles. The molecule has 0 fully saturated rings. The van der Waals surface area contributed by atoms with Crippen LogP contribution in [0.5, 0.6) is 17.2 Å². The van der Waals surface area contributed by atoms with Crippen LogP contribution < -0.4 is 19.5 Å². The van der Waals surface area contributed by atoms with Gasteiger partial charge in [-0.1, -0.05) is 37.1 Å². The van der Waals surface area contributed by atoms with Gasteiger partial charge in [0.15, 0.2) is 11.5 Å². The third-order valence-corrected chi connectivity index (χ3v) is 5.39. The molecule has 6 nitrogen and oxygen atoms in total. The summed E-state index contributed by atoms with van der Waals surface area (Å²) in [5.74, 6) is 1.09. The molecule has 3 rings (SSSR count). The van der Waals surface area contributed by atoms with Crippen molar-refractivity contribution in [2.24, 2.45) is 0 Å². The standard InChI is InChI=1S/C28H30N2O4/c1-30-17-5-3-4-6-18-33-26-16-13-24(19-27(26)32-2)28(31)34-25-14-11-23(12-15-25)22-9-7-21(20-29)8-10-22/h7-16,19,30H,3-6,17-18H2,1-2H3. The first-order valence-electron chi connectivity index (χ1n) is 11.4. The smallest absolute Gasteiger partial charge is 0.343 e. The Morgan fingerprint density at radius 2 is 1.56 bits per heavy atom. The van der Waals surface area contributed by atoms with E-state index in [0.717, 1.165) is 36.9 Å². The van der Waals surface area contributed by atoms with E-state index in [4.69, 9.17) is 19.5 Å². The Labute approximate surface area is 201 Å². The maximum Gasteiger partial charge on any atom is 0.343 e. The van der Waals surface area contributed by atoms with Crippen LogP contribution in [0.2, 0.25) is 0 Å². The van der Waals surface area contributed by atoms with Gasteiger partial charge in [-0.3, -0.25) is 0 Å². The largest absolute Gasteiger partial charge is 0.493 e. The molecule has 0 aliphatic carbocycles. The van der Waals surface area contributed by atoms with Gasteiger partial charge in [0.05, 0.1) is 30.9 Å². The molecule has 0 aliphatic heterocycles. The maximum absolute atomic E-state index is 12.7. The van der Waals surface area contributed by atoms with Crippen molar-refractivity contribution in [1.29, 1.82) is 5.26 Å². The lowest BCUT2D eigenvalue weighted by Gasteiger charge is -2.12. The fraction of sp³-hybridized carbons (Fsp3) is 0.286. The molecule has 0 radical (unpaired) electrons. The summed E-state index contributed by atoms with van der Waals surface area (Å²) in [5, 5.41) is 12.1. The molecular formula is C28H30N2O4. The van der Waals surface area contributed by atoms with Gasteiger partial charge in [0.25, 0.3) is 0 Å². The lowest BCUT2D eigenvalue weighted by Crippen LogP contribution is -2.09. The van der Waals surface area contributed by atoms with Gasteiger partial charge in [0.1, 0.15) is 5.75 Å². The summed E-state index contributed by atoms with van der Waals surface area (Å²) in [5.41, 5.74) is 2.94. The van der Waals surface area contributed by atoms with Crippen molar-refractivity contribution in [2.45, 2.75) is 25.7 Å². The van der Waals surface area contributed by atoms with Crippen molar-refractivity contribution < 1.29 is 19.0 Å². The van der Waals surface area contributed by atoms with Crippen LogP contribution in [0.3, 0.4) is 0 Å². The number of nitrogens with zero attached hydrogens (tertiary/aromatic N) is 1. The van der Waals surface area contributed by atoms with E-state index in [1.54, 1.807) is 49.6 Å². The molecular weight excluding hydrogens is 428 g/mol. The first-order chi connectivity index (χ1) is 16.6. The molecule has 0 aromatic heterocycles. The molecule has 0 aliphatic rings. The molecule has 6 heteroatoms. The van der Waals surface area contributed by atoms with Crippen molar-refractivity contribution >= 4 is 5.97 Å². The minimum absolute atomic E-state index is 0.382. The van der Waals surface area contributed by atoms with Crippen LogP contribution in [0, 0.1) is 11.3 Å². The van der Waals surface area contributed by atoms with Crippen LogP contribution in [0.1, 0.15) is 41.6 Å². The third kappa shape index (κ3) is 7.09. The molecule has 1 N–H and O–H groups in total. The monoisotopic (exact) mass is 458 g/mol. The van der Waals surface area contributed by atoms with Gasteiger partial charge in [0.2, 0.25) is 0 Å². The number of esters is 1. The minimum Gasteiger partial charge on any atom is -0.493 e. The summed E-state index contributed by atoms with van der Waals surface area (Å²) in [6, 6.07) is 21.7. The van der Waals surface area contributed by atoms with Crippen LogP contribution in [-0.4, -0.2) is 33.3 Å². The number of hydrogen-bond acceptors (Lipinski definition) is 6. The Kier molecular flexibility index (Phi) is 9.51. The third-order valence-electron chi connectivity index (χ3n) is 5.39. The van der Waals surface area contributed by atoms with Gasteiger partial charge >= 0.3 is 5.97 Å². The highest BCUT2D eigenvalue weighted by molar-refractivity contribution is 5.92. The lowest BCUT2D eigenvalue weighted by molar-refractivity contribution is 0.0734. The van der Waals surface area contributed by atoms with Gasteiger partial charge in [-0.15, -0.1) is 0 Å². The molecule has 176 valence electrons. The summed E-state index contributed by atoms with van der Waals surface area (Å²) in [7, 11) is 3.51. The zero-order chi connectivity index (χ0) is 24.2. The zero-order valence-corrected chi connectivity index (χ0v) is 19.7. The molecule has 0 saturated carbocycles. The van der Waals surface area contributed by atoms with E-state index in [2.05, 4.69) is 11.4 Å². The van der Waals surface area contributed by atoms with Crippen molar-refractivity contribution in [2.75, 3.05) is 27.3 Å². The number of rotatable bonds is 12. The van der Waals surface area contributed by atoms with Crippen LogP contribution in [0.25, 0.3) is 11.1 Å². The number of methoxy groups -OCH3 is 1. The van der Waals surface area contributed by atoms with E-state index >= 15 is 0 Å². The Morgan fingerprint density at radius 1 is 0.882 bits per heavy atom. The Bertz CT molecular complexity index is 1100. The summed E-state index contributed by atoms with van der Waals surface area (Å²) in [4.78, 5) is 12.7. The van der Waals surface area contributed by atoms with Crippen LogP contribution in [0.15, 0.2) is 66.7 Å². The molecule has 3 aromatic carbocycles. The van der Waals surface area contributed by atoms with Crippen molar-refractivity contribution in [3.8, 4) is 34.4 Å². The SMILES string of the molecule is CNCCCCCCOc1ccc(C(=O)Oc2ccc(-c3ccc(C#N)cc3)cc2)cc1OC. The van der Waals surface area contributed by atoms with E-state index in [1.807, 2.05) is 31.3 Å². The number of nitriles is 1. The Morgan fingerprint density at radius 3 is 2.21 bits per heavy atom. The quantitative estimate of drug-likeness (QED) is 0.216. The zero-order valence-electron chi connectivity index (χ0n) is 19.7. The number of carbonyl (C=O) groups excluding carboxylic acids is 1. The van der Waals surface area contributed by atoms with Gasteiger partial charge in [-0.25, -0.2) is 4.79 Å². The fourth-order valence-electron chi connectivity index (χ4n) is 3.47. The summed E-state index contributed by atoms with van der Waals surface area (Å²) in [6.07, 6.45) is 4.41. The van der Waals surface area contributed by atoms with Gasteiger partial charge < -0.3 is 19.5 Å². The number of ether oxygens (including phenoxy) is 3. The van der Waals surface area contributed by atoms with Crippen molar-refractivity contribution in [3.63, 3.8) is 0 Å². The van der Waals surface area contributed by atoms with E-state index in [0.29, 0.717) is 35.0 Å². The maximum atomic E-state index is 12.7. The summed E-state index contributed by atoms with van der Waals surface area (Å²) < 4.78 is 16.8. The van der Waals surface area contributed by atoms with Crippen LogP contribution in [0.4, 0.5) is 0 Å². The average molecular weight is 459 g/mol. The fourth-order valence-corrected chi connectivity index (χ4v) is 3.47. The van der Waals surface area contributed by atoms with Gasteiger partial charge in [-0.2, -0.15) is 5.26 Å². The second-order valence-electron chi connectivity index (χ2n) is 7.83. The number of benzene rings is 3. The molecule has 0 spiro atoms. The molecule has 3 aromatic rings. The number of nitrogens with one attached hydrogen (secondary N) is 1. The van der Waals surface area contributed by atoms with Crippen molar-refractivity contribution in [1.82, 2.24) is 5.32 Å². The topological polar surface area (TPSA) is 80.6 Å². The van der Waals surface area contributed by atoms with E-state index in [9.17, 15) is 4.79 Å². The van der Waals surface area contributed by atoms with Crippen molar-refractivity contribution in [3.05, 3.63) is 77.9 Å². The van der Waals surface area contributed by atoms with E-state index < -0.39 is 5.97 Å². The molecule has 0 bridgehead atoms. The first-order valence-corrected chi connectivity index (χ1v) is 11.4. The second-order valence-corrected chi connectivity index (χ2v) is 7.83. The molecule has 0 atom stereocenters. The minimum atomic E-state index is -0.472. The van der Waals surface area contributed by atoms with Crippen LogP contribution in [-0.2, 0) is 0 Å². The molecule has 0 amide bonds. The highest BCUT2D eigenvalue weighted by Gasteiger charge is 2.13. The number of unbranched alkanes of at least 4 members (excludes halogenated alkanes) is 3. The van der Waals surface area contributed by atoms with Gasteiger partial charge in [-0.05, 0) is 80.0 Å². The number of hydrogen-bond donors (Lipinski definition) is 1. The Hall–Kier alpha value is -3.82. The van der Waals surface area contributed by atoms with Crippen LogP contribution >= 0.6 is 0 Å². The predicted octanol–water partition coefficient (Wildman–Crippen LogP) is 5.61. The highest BCUT2D eigenvalue weighted by Crippen LogP contribution is 2.29. The highest BCUT2D eigenvalue weighted by atomic mass is 16.5. The first kappa shape index (κ1) is 24.8. The summed E-state index contributed by atoms with van der Waals surface area (Å²) >= 11 is 0. The average Bonchev–Trinajstić information content (AvgIpc) is 2.88. The second kappa shape index (κ2) is 13.0. The summed E-state index contributed by atoms with van der Waals surface area (Å²) in [6.45, 7) is 1.64. The van der Waals surface area contributed by atoms with E-state index in [-0.39, 0.29) is 0 Å². The molecule has 34 heavy (non-hydrogen) atoms. The molecule has 0 heterocycles. The lowest BCUT2D eigenvalue weighted by atomic mass is 10.0. The Balaban J connectivity index is 1.56. The van der Waals surface area contributed by atoms with Gasteiger partial charge in [0, 0.05) is 0 Å².